The molecule has 0 unspecified atom stereocenters. The van der Waals surface area contributed by atoms with Crippen molar-refractivity contribution in [1.29, 1.82) is 0 Å². The van der Waals surface area contributed by atoms with E-state index in [4.69, 9.17) is 0 Å². The molecule has 0 saturated carbocycles. The average Bonchev–Trinajstić information content (AvgIpc) is 3.00. The van der Waals surface area contributed by atoms with Gasteiger partial charge in [-0.3, -0.25) is 14.4 Å². The van der Waals surface area contributed by atoms with Crippen LogP contribution in [0.1, 0.15) is 43.9 Å². The summed E-state index contributed by atoms with van der Waals surface area (Å²) < 4.78 is 0. The highest BCUT2D eigenvalue weighted by molar-refractivity contribution is 6.34. The predicted molar refractivity (Wildman–Crippen MR) is 104 cm³/mol. The van der Waals surface area contributed by atoms with Crippen molar-refractivity contribution in [3.05, 3.63) is 65.2 Å². The van der Waals surface area contributed by atoms with Crippen molar-refractivity contribution in [2.45, 2.75) is 18.9 Å². The Bertz CT molecular complexity index is 926. The van der Waals surface area contributed by atoms with E-state index in [1.54, 1.807) is 53.4 Å². The summed E-state index contributed by atoms with van der Waals surface area (Å²) in [7, 11) is 0. The Hall–Kier alpha value is -2.99. The van der Waals surface area contributed by atoms with Crippen molar-refractivity contribution in [2.75, 3.05) is 24.5 Å². The molecule has 0 spiro atoms. The van der Waals surface area contributed by atoms with Gasteiger partial charge in [0, 0.05) is 18.4 Å². The number of carbonyl (C=O) groups excluding carboxylic acids is 3. The number of hydrogen-bond donors (Lipinski definition) is 2. The Morgan fingerprint density at radius 3 is 2.07 bits per heavy atom. The van der Waals surface area contributed by atoms with E-state index in [1.807, 2.05) is 0 Å². The van der Waals surface area contributed by atoms with Crippen LogP contribution in [-0.2, 0) is 0 Å². The first kappa shape index (κ1) is 17.1. The molecule has 6 heteroatoms. The summed E-state index contributed by atoms with van der Waals surface area (Å²) in [4.78, 5) is 40.6. The largest absolute Gasteiger partial charge is 0.343 e. The van der Waals surface area contributed by atoms with Crippen molar-refractivity contribution in [2.24, 2.45) is 5.92 Å². The van der Waals surface area contributed by atoms with E-state index in [-0.39, 0.29) is 23.8 Å². The van der Waals surface area contributed by atoms with Gasteiger partial charge in [0.25, 0.3) is 17.7 Å². The Balaban J connectivity index is 1.32. The maximum Gasteiger partial charge on any atom is 0.266 e. The van der Waals surface area contributed by atoms with Crippen LogP contribution in [0.5, 0.6) is 0 Å². The normalized spacial score (nSPS) is 25.7. The van der Waals surface area contributed by atoms with Crippen molar-refractivity contribution in [1.82, 2.24) is 5.32 Å². The zero-order valence-electron chi connectivity index (χ0n) is 15.5. The van der Waals surface area contributed by atoms with Crippen LogP contribution >= 0.6 is 0 Å². The van der Waals surface area contributed by atoms with Crippen molar-refractivity contribution < 1.29 is 19.3 Å². The zero-order chi connectivity index (χ0) is 19.3. The molecule has 28 heavy (non-hydrogen) atoms. The number of carbonyl (C=O) groups is 3. The maximum absolute atomic E-state index is 12.7. The van der Waals surface area contributed by atoms with E-state index in [0.29, 0.717) is 28.3 Å². The molecule has 4 aliphatic rings. The average molecular weight is 376 g/mol. The van der Waals surface area contributed by atoms with Gasteiger partial charge in [-0.2, -0.15) is 0 Å². The van der Waals surface area contributed by atoms with Gasteiger partial charge in [0.1, 0.15) is 0 Å². The van der Waals surface area contributed by atoms with Gasteiger partial charge in [-0.25, -0.2) is 4.90 Å². The highest BCUT2D eigenvalue weighted by atomic mass is 16.2. The molecular formula is C22H22N3O3+. The minimum Gasteiger partial charge on any atom is -0.343 e. The molecule has 3 saturated heterocycles. The zero-order valence-corrected chi connectivity index (χ0v) is 15.5. The van der Waals surface area contributed by atoms with E-state index in [0.717, 1.165) is 6.54 Å². The van der Waals surface area contributed by atoms with Crippen LogP contribution in [0.2, 0.25) is 0 Å². The van der Waals surface area contributed by atoms with E-state index in [2.05, 4.69) is 5.32 Å². The van der Waals surface area contributed by atoms with Gasteiger partial charge in [0.2, 0.25) is 0 Å². The quantitative estimate of drug-likeness (QED) is 0.782. The molecule has 1 atom stereocenters. The van der Waals surface area contributed by atoms with Crippen molar-refractivity contribution in [3.8, 4) is 0 Å². The molecule has 2 aromatic carbocycles. The van der Waals surface area contributed by atoms with E-state index >= 15 is 0 Å². The van der Waals surface area contributed by atoms with Gasteiger partial charge >= 0.3 is 0 Å². The van der Waals surface area contributed by atoms with E-state index < -0.39 is 0 Å². The molecule has 142 valence electrons. The third kappa shape index (κ3) is 2.72. The molecule has 0 aliphatic carbocycles. The number of quaternary nitrogens is 1. The first-order valence-corrected chi connectivity index (χ1v) is 9.84. The molecule has 4 aliphatic heterocycles. The van der Waals surface area contributed by atoms with Gasteiger partial charge in [-0.15, -0.1) is 0 Å². The highest BCUT2D eigenvalue weighted by Crippen LogP contribution is 2.28. The van der Waals surface area contributed by atoms with Crippen LogP contribution < -0.4 is 15.1 Å². The molecule has 2 N–H and O–H groups in total. The number of benzene rings is 2. The molecule has 2 aromatic rings. The first-order valence-electron chi connectivity index (χ1n) is 9.84. The molecule has 0 radical (unpaired) electrons. The fourth-order valence-corrected chi connectivity index (χ4v) is 4.74. The third-order valence-corrected chi connectivity index (χ3v) is 6.31. The van der Waals surface area contributed by atoms with Crippen LogP contribution in [0.3, 0.4) is 0 Å². The maximum atomic E-state index is 12.7. The highest BCUT2D eigenvalue weighted by Gasteiger charge is 2.38. The minimum absolute atomic E-state index is 0.0907. The summed E-state index contributed by atoms with van der Waals surface area (Å²) in [5.74, 6) is -0.160. The topological polar surface area (TPSA) is 70.9 Å². The van der Waals surface area contributed by atoms with Crippen molar-refractivity contribution >= 4 is 23.4 Å². The second-order valence-electron chi connectivity index (χ2n) is 7.91. The number of amides is 3. The molecule has 0 aromatic heterocycles. The van der Waals surface area contributed by atoms with Gasteiger partial charge in [0.15, 0.2) is 0 Å². The molecule has 3 amide bonds. The predicted octanol–water partition coefficient (Wildman–Crippen LogP) is 0.894. The van der Waals surface area contributed by atoms with E-state index in [9.17, 15) is 14.4 Å². The van der Waals surface area contributed by atoms with Crippen molar-refractivity contribution in [3.63, 3.8) is 0 Å². The summed E-state index contributed by atoms with van der Waals surface area (Å²) in [6.07, 6.45) is 2.36. The molecule has 2 bridgehead atoms. The van der Waals surface area contributed by atoms with Crippen LogP contribution in [0.4, 0.5) is 5.69 Å². The fourth-order valence-electron chi connectivity index (χ4n) is 4.74. The lowest BCUT2D eigenvalue weighted by Gasteiger charge is -2.42. The summed E-state index contributed by atoms with van der Waals surface area (Å²) in [5, 5.41) is 3.18. The van der Waals surface area contributed by atoms with Gasteiger partial charge < -0.3 is 10.2 Å². The summed E-state index contributed by atoms with van der Waals surface area (Å²) >= 11 is 0. The fraction of sp³-hybridized carbons (Fsp3) is 0.318. The Morgan fingerprint density at radius 2 is 1.54 bits per heavy atom. The Labute approximate surface area is 163 Å². The van der Waals surface area contributed by atoms with Crippen LogP contribution in [-0.4, -0.2) is 43.4 Å². The molecule has 6 rings (SSSR count). The number of piperidine rings is 3. The smallest absolute Gasteiger partial charge is 0.266 e. The molecule has 3 fully saturated rings. The number of imide groups is 1. The summed E-state index contributed by atoms with van der Waals surface area (Å²) in [6.45, 7) is 3.43. The summed E-state index contributed by atoms with van der Waals surface area (Å²) in [6, 6.07) is 13.7. The second kappa shape index (κ2) is 6.56. The number of fused-ring (bicyclic) bond motifs is 4. The lowest BCUT2D eigenvalue weighted by molar-refractivity contribution is -0.917. The lowest BCUT2D eigenvalue weighted by atomic mass is 9.84. The number of nitrogens with zero attached hydrogens (tertiary/aromatic N) is 1. The van der Waals surface area contributed by atoms with E-state index in [1.165, 1.54) is 30.8 Å². The molecule has 4 heterocycles. The standard InChI is InChI=1S/C22H21N3O3/c26-20(23-19-13-24-11-9-14(19)10-12-24)15-5-7-16(8-6-15)25-21(27)17-3-1-2-4-18(17)22(25)28/h1-8,14,19H,9-13H2,(H,23,26)/p+1/t19-/m0/s1. The lowest BCUT2D eigenvalue weighted by Crippen LogP contribution is -3.17. The third-order valence-electron chi connectivity index (χ3n) is 6.31. The monoisotopic (exact) mass is 376 g/mol. The number of anilines is 1. The van der Waals surface area contributed by atoms with Crippen LogP contribution in [0.25, 0.3) is 0 Å². The first-order chi connectivity index (χ1) is 13.6. The molecular weight excluding hydrogens is 354 g/mol. The second-order valence-corrected chi connectivity index (χ2v) is 7.91. The van der Waals surface area contributed by atoms with Gasteiger partial charge in [-0.1, -0.05) is 12.1 Å². The number of nitrogens with one attached hydrogen (secondary N) is 2. The van der Waals surface area contributed by atoms with Crippen LogP contribution in [0, 0.1) is 5.92 Å². The Morgan fingerprint density at radius 1 is 0.929 bits per heavy atom. The Kier molecular flexibility index (Phi) is 4.02. The minimum atomic E-state index is -0.326. The van der Waals surface area contributed by atoms with Gasteiger partial charge in [-0.05, 0) is 42.3 Å². The SMILES string of the molecule is O=C(N[C@H]1C[NH+]2CCC1CC2)c1ccc(N2C(=O)c3ccccc3C2=O)cc1. The number of hydrogen-bond acceptors (Lipinski definition) is 3. The molecule has 6 nitrogen and oxygen atoms in total. The van der Waals surface area contributed by atoms with Gasteiger partial charge in [0.05, 0.1) is 42.5 Å². The van der Waals surface area contributed by atoms with Crippen LogP contribution in [0.15, 0.2) is 48.5 Å². The summed E-state index contributed by atoms with van der Waals surface area (Å²) in [5.41, 5.74) is 1.86. The number of rotatable bonds is 3.